The summed E-state index contributed by atoms with van der Waals surface area (Å²) in [5.74, 6) is -0.482. The second kappa shape index (κ2) is 42.6. The average molecular weight is 945 g/mol. The number of unbranched alkanes of at least 4 members (excludes halogenated alkanes) is 27. The fraction of sp³-hybridized carbons (Fsp3) is 0.865. The molecular weight excluding hydrogens is 848 g/mol. The molecule has 12 nitrogen and oxygen atoms in total. The molecule has 0 bridgehead atoms. The van der Waals surface area contributed by atoms with Crippen molar-refractivity contribution in [1.82, 2.24) is 0 Å². The first kappa shape index (κ1) is 61.6. The molecule has 13 heteroatoms. The van der Waals surface area contributed by atoms with E-state index < -0.39 is 63.1 Å². The Morgan fingerprint density at radius 1 is 0.492 bits per heavy atom. The molecule has 65 heavy (non-hydrogen) atoms. The third kappa shape index (κ3) is 34.5. The summed E-state index contributed by atoms with van der Waals surface area (Å²) in [6.07, 6.45) is 39.2. The Hall–Kier alpha value is -1.44. The van der Waals surface area contributed by atoms with E-state index in [0.29, 0.717) is 13.0 Å². The van der Waals surface area contributed by atoms with E-state index in [0.717, 1.165) is 64.2 Å². The van der Waals surface area contributed by atoms with Crippen LogP contribution in [0.3, 0.4) is 0 Å². The number of aliphatic hydroxyl groups excluding tert-OH is 5. The molecular formula is C52H97O12P. The number of carbonyl (C=O) groups is 1. The molecule has 0 aromatic heterocycles. The zero-order valence-electron chi connectivity index (χ0n) is 41.0. The molecule has 6 N–H and O–H groups in total. The Labute approximate surface area is 395 Å². The van der Waals surface area contributed by atoms with Crippen LogP contribution in [0.2, 0.25) is 0 Å². The number of phosphoric ester groups is 1. The van der Waals surface area contributed by atoms with Gasteiger partial charge in [0.15, 0.2) is 0 Å². The van der Waals surface area contributed by atoms with Crippen LogP contribution in [0.1, 0.15) is 226 Å². The minimum atomic E-state index is -5.02. The Bertz CT molecular complexity index is 1210. The zero-order chi connectivity index (χ0) is 47.6. The number of phosphoric acid groups is 1. The van der Waals surface area contributed by atoms with Crippen LogP contribution in [0, 0.1) is 0 Å². The summed E-state index contributed by atoms with van der Waals surface area (Å²) in [6, 6.07) is 0. The summed E-state index contributed by atoms with van der Waals surface area (Å²) in [4.78, 5) is 23.3. The SMILES string of the molecule is CCCCCCC/C=C\C/C=C\CCCCCCCCCCCC(=O)OC(COCCCCCCCC/C=C\CCCCCCCCC)COP(=O)(O)OC1C(O)C(O)C(O)C(O)C1O. The van der Waals surface area contributed by atoms with Crippen molar-refractivity contribution >= 4 is 13.8 Å². The Morgan fingerprint density at radius 3 is 1.31 bits per heavy atom. The first-order valence-electron chi connectivity index (χ1n) is 26.3. The molecule has 0 aromatic carbocycles. The van der Waals surface area contributed by atoms with Crippen LogP contribution < -0.4 is 0 Å². The minimum Gasteiger partial charge on any atom is -0.457 e. The first-order valence-corrected chi connectivity index (χ1v) is 27.8. The molecule has 0 spiro atoms. The maximum absolute atomic E-state index is 12.9. The quantitative estimate of drug-likeness (QED) is 0.0147. The van der Waals surface area contributed by atoms with E-state index in [1.807, 2.05) is 0 Å². The van der Waals surface area contributed by atoms with Gasteiger partial charge in [-0.1, -0.05) is 185 Å². The van der Waals surface area contributed by atoms with Gasteiger partial charge in [-0.3, -0.25) is 13.8 Å². The van der Waals surface area contributed by atoms with E-state index in [-0.39, 0.29) is 13.0 Å². The van der Waals surface area contributed by atoms with Gasteiger partial charge in [-0.15, -0.1) is 0 Å². The van der Waals surface area contributed by atoms with E-state index in [4.69, 9.17) is 18.5 Å². The summed E-state index contributed by atoms with van der Waals surface area (Å²) in [7, 11) is -5.02. The molecule has 6 atom stereocenters. The monoisotopic (exact) mass is 945 g/mol. The van der Waals surface area contributed by atoms with Gasteiger partial charge in [0.25, 0.3) is 0 Å². The average Bonchev–Trinajstić information content (AvgIpc) is 3.29. The molecule has 1 rings (SSSR count). The maximum Gasteiger partial charge on any atom is 0.472 e. The molecule has 0 aromatic rings. The van der Waals surface area contributed by atoms with Crippen molar-refractivity contribution < 1.29 is 58.3 Å². The zero-order valence-corrected chi connectivity index (χ0v) is 41.9. The Balaban J connectivity index is 2.34. The number of esters is 1. The van der Waals surface area contributed by atoms with Crippen LogP contribution in [0.4, 0.5) is 0 Å². The molecule has 0 heterocycles. The Kier molecular flexibility index (Phi) is 40.4. The van der Waals surface area contributed by atoms with Crippen LogP contribution in [0.25, 0.3) is 0 Å². The topological polar surface area (TPSA) is 192 Å². The van der Waals surface area contributed by atoms with Gasteiger partial charge in [0.2, 0.25) is 0 Å². The molecule has 0 aliphatic heterocycles. The minimum absolute atomic E-state index is 0.0812. The van der Waals surface area contributed by atoms with Gasteiger partial charge in [0, 0.05) is 13.0 Å². The fourth-order valence-corrected chi connectivity index (χ4v) is 9.00. The van der Waals surface area contributed by atoms with Crippen molar-refractivity contribution in [2.45, 2.75) is 268 Å². The highest BCUT2D eigenvalue weighted by Gasteiger charge is 2.51. The lowest BCUT2D eigenvalue weighted by atomic mass is 9.85. The molecule has 1 saturated carbocycles. The number of aliphatic hydroxyl groups is 5. The maximum atomic E-state index is 12.9. The highest BCUT2D eigenvalue weighted by atomic mass is 31.2. The predicted octanol–water partition coefficient (Wildman–Crippen LogP) is 11.8. The second-order valence-electron chi connectivity index (χ2n) is 18.4. The van der Waals surface area contributed by atoms with Gasteiger partial charge >= 0.3 is 13.8 Å². The molecule has 382 valence electrons. The van der Waals surface area contributed by atoms with Gasteiger partial charge in [0.1, 0.15) is 42.7 Å². The van der Waals surface area contributed by atoms with Crippen LogP contribution >= 0.6 is 7.82 Å². The first-order chi connectivity index (χ1) is 31.5. The van der Waals surface area contributed by atoms with Crippen LogP contribution in [-0.2, 0) is 27.9 Å². The molecule has 0 radical (unpaired) electrons. The number of hydrogen-bond donors (Lipinski definition) is 6. The number of hydrogen-bond acceptors (Lipinski definition) is 11. The molecule has 0 saturated heterocycles. The molecule has 0 amide bonds. The van der Waals surface area contributed by atoms with Crippen LogP contribution in [-0.4, -0.2) is 98.9 Å². The lowest BCUT2D eigenvalue weighted by Crippen LogP contribution is -2.64. The van der Waals surface area contributed by atoms with E-state index in [9.17, 15) is 39.8 Å². The van der Waals surface area contributed by atoms with Crippen LogP contribution in [0.15, 0.2) is 36.5 Å². The lowest BCUT2D eigenvalue weighted by Gasteiger charge is -2.41. The summed E-state index contributed by atoms with van der Waals surface area (Å²) in [6.45, 7) is 4.26. The van der Waals surface area contributed by atoms with E-state index >= 15 is 0 Å². The number of ether oxygens (including phenoxy) is 2. The molecule has 1 aliphatic carbocycles. The fourth-order valence-electron chi connectivity index (χ4n) is 8.03. The largest absolute Gasteiger partial charge is 0.472 e. The highest BCUT2D eigenvalue weighted by molar-refractivity contribution is 7.47. The normalized spacial score (nSPS) is 21.8. The number of rotatable bonds is 45. The number of allylic oxidation sites excluding steroid dienone is 6. The predicted molar refractivity (Wildman–Crippen MR) is 263 cm³/mol. The van der Waals surface area contributed by atoms with E-state index in [2.05, 4.69) is 50.3 Å². The smallest absolute Gasteiger partial charge is 0.457 e. The van der Waals surface area contributed by atoms with Gasteiger partial charge in [-0.05, 0) is 70.6 Å². The molecule has 6 unspecified atom stereocenters. The molecule has 1 fully saturated rings. The number of carbonyl (C=O) groups excluding carboxylic acids is 1. The lowest BCUT2D eigenvalue weighted by molar-refractivity contribution is -0.220. The van der Waals surface area contributed by atoms with Gasteiger partial charge in [-0.2, -0.15) is 0 Å². The van der Waals surface area contributed by atoms with E-state index in [1.165, 1.54) is 135 Å². The third-order valence-electron chi connectivity index (χ3n) is 12.2. The second-order valence-corrected chi connectivity index (χ2v) is 19.8. The van der Waals surface area contributed by atoms with Crippen molar-refractivity contribution in [3.63, 3.8) is 0 Å². The van der Waals surface area contributed by atoms with Gasteiger partial charge in [-0.25, -0.2) is 4.57 Å². The third-order valence-corrected chi connectivity index (χ3v) is 13.2. The van der Waals surface area contributed by atoms with Crippen molar-refractivity contribution in [2.24, 2.45) is 0 Å². The van der Waals surface area contributed by atoms with E-state index in [1.54, 1.807) is 0 Å². The summed E-state index contributed by atoms with van der Waals surface area (Å²) in [5, 5.41) is 50.3. The summed E-state index contributed by atoms with van der Waals surface area (Å²) >= 11 is 0. The van der Waals surface area contributed by atoms with Gasteiger partial charge in [0.05, 0.1) is 13.2 Å². The highest BCUT2D eigenvalue weighted by Crippen LogP contribution is 2.47. The van der Waals surface area contributed by atoms with Crippen molar-refractivity contribution in [3.8, 4) is 0 Å². The summed E-state index contributed by atoms with van der Waals surface area (Å²) in [5.41, 5.74) is 0. The van der Waals surface area contributed by atoms with Gasteiger partial charge < -0.3 is 39.9 Å². The Morgan fingerprint density at radius 2 is 0.862 bits per heavy atom. The van der Waals surface area contributed by atoms with Crippen molar-refractivity contribution in [1.29, 1.82) is 0 Å². The van der Waals surface area contributed by atoms with Crippen LogP contribution in [0.5, 0.6) is 0 Å². The van der Waals surface area contributed by atoms with Crippen molar-refractivity contribution in [2.75, 3.05) is 19.8 Å². The standard InChI is InChI=1S/C52H97O12P/c1-3-5-7-9-11-13-15-17-19-21-22-23-24-25-27-29-31-33-35-37-39-41-46(53)63-45(44-62-65(59,60)64-52-50(57)48(55)47(54)49(56)51(52)58)43-61-42-40-38-36-34-32-30-28-26-20-18-16-14-12-10-8-6-4-2/h15,17,20-22,26,45,47-52,54-58H,3-14,16,18-19,23-25,27-44H2,1-2H3,(H,59,60)/b17-15-,22-21-,26-20-. The molecule has 1 aliphatic rings. The van der Waals surface area contributed by atoms with Crippen molar-refractivity contribution in [3.05, 3.63) is 36.5 Å². The summed E-state index contributed by atoms with van der Waals surface area (Å²) < 4.78 is 34.3.